The Balaban J connectivity index is 1.88. The lowest BCUT2D eigenvalue weighted by Gasteiger charge is -2.41. The molecule has 0 unspecified atom stereocenters. The summed E-state index contributed by atoms with van der Waals surface area (Å²) in [6.07, 6.45) is 5.04. The van der Waals surface area contributed by atoms with Crippen molar-refractivity contribution in [2.75, 3.05) is 0 Å². The first-order valence-electron chi connectivity index (χ1n) is 6.70. The van der Waals surface area contributed by atoms with Gasteiger partial charge in [-0.05, 0) is 12.8 Å². The maximum absolute atomic E-state index is 12.6. The molecule has 2 aliphatic rings. The van der Waals surface area contributed by atoms with Crippen molar-refractivity contribution < 1.29 is 18.9 Å². The SMILES string of the molecule is O=C1NC(=O)C2(CCCCC2)C(=O)N1Cc1ccon1. The number of nitrogens with zero attached hydrogens (tertiary/aromatic N) is 2. The Hall–Kier alpha value is -2.18. The molecule has 0 radical (unpaired) electrons. The molecule has 1 saturated carbocycles. The molecular formula is C13H15N3O4. The van der Waals surface area contributed by atoms with Crippen LogP contribution in [0.4, 0.5) is 4.79 Å². The average Bonchev–Trinajstić information content (AvgIpc) is 2.96. The smallest absolute Gasteiger partial charge is 0.331 e. The monoisotopic (exact) mass is 277 g/mol. The van der Waals surface area contributed by atoms with Crippen LogP contribution in [0.1, 0.15) is 37.8 Å². The van der Waals surface area contributed by atoms with E-state index >= 15 is 0 Å². The molecule has 7 nitrogen and oxygen atoms in total. The number of carbonyl (C=O) groups is 3. The highest BCUT2D eigenvalue weighted by Gasteiger charge is 2.53. The van der Waals surface area contributed by atoms with Crippen LogP contribution < -0.4 is 5.32 Å². The predicted octanol–water partition coefficient (Wildman–Crippen LogP) is 1.20. The fourth-order valence-electron chi connectivity index (χ4n) is 2.95. The first-order valence-corrected chi connectivity index (χ1v) is 6.70. The van der Waals surface area contributed by atoms with Crippen LogP contribution in [0.5, 0.6) is 0 Å². The average molecular weight is 277 g/mol. The molecular weight excluding hydrogens is 262 g/mol. The number of nitrogens with one attached hydrogen (secondary N) is 1. The molecule has 106 valence electrons. The van der Waals surface area contributed by atoms with Crippen molar-refractivity contribution in [2.24, 2.45) is 5.41 Å². The fraction of sp³-hybridized carbons (Fsp3) is 0.538. The molecule has 0 atom stereocenters. The maximum Gasteiger partial charge on any atom is 0.331 e. The summed E-state index contributed by atoms with van der Waals surface area (Å²) in [6, 6.07) is 0.907. The van der Waals surface area contributed by atoms with E-state index in [2.05, 4.69) is 10.5 Å². The minimum Gasteiger partial charge on any atom is -0.364 e. The molecule has 3 rings (SSSR count). The third-order valence-electron chi connectivity index (χ3n) is 4.07. The lowest BCUT2D eigenvalue weighted by Crippen LogP contribution is -2.64. The molecule has 20 heavy (non-hydrogen) atoms. The molecule has 2 fully saturated rings. The molecule has 4 amide bonds. The van der Waals surface area contributed by atoms with E-state index in [0.29, 0.717) is 18.5 Å². The number of rotatable bonds is 2. The predicted molar refractivity (Wildman–Crippen MR) is 66.1 cm³/mol. The largest absolute Gasteiger partial charge is 0.364 e. The highest BCUT2D eigenvalue weighted by atomic mass is 16.5. The zero-order chi connectivity index (χ0) is 14.2. The van der Waals surface area contributed by atoms with Gasteiger partial charge in [0.2, 0.25) is 11.8 Å². The number of aromatic nitrogens is 1. The van der Waals surface area contributed by atoms with Gasteiger partial charge in [0.05, 0.1) is 6.54 Å². The third-order valence-corrected chi connectivity index (χ3v) is 4.07. The molecule has 1 aromatic rings. The highest BCUT2D eigenvalue weighted by molar-refractivity contribution is 6.19. The Morgan fingerprint density at radius 2 is 2.00 bits per heavy atom. The second-order valence-corrected chi connectivity index (χ2v) is 5.28. The van der Waals surface area contributed by atoms with Gasteiger partial charge >= 0.3 is 6.03 Å². The lowest BCUT2D eigenvalue weighted by molar-refractivity contribution is -0.154. The Bertz CT molecular complexity index is 546. The summed E-state index contributed by atoms with van der Waals surface area (Å²) in [4.78, 5) is 37.7. The molecule has 1 aliphatic heterocycles. The standard InChI is InChI=1S/C13H15N3O4/c17-10-13(5-2-1-3-6-13)11(18)16(12(19)14-10)8-9-4-7-20-15-9/h4,7H,1-3,5-6,8H2,(H,14,17,19). The molecule has 1 aliphatic carbocycles. The Labute approximate surface area is 115 Å². The van der Waals surface area contributed by atoms with Gasteiger partial charge in [0.25, 0.3) is 0 Å². The van der Waals surface area contributed by atoms with Crippen LogP contribution >= 0.6 is 0 Å². The summed E-state index contributed by atoms with van der Waals surface area (Å²) in [7, 11) is 0. The lowest BCUT2D eigenvalue weighted by atomic mass is 9.71. The fourth-order valence-corrected chi connectivity index (χ4v) is 2.95. The van der Waals surface area contributed by atoms with Crippen LogP contribution in [-0.4, -0.2) is 27.9 Å². The van der Waals surface area contributed by atoms with Crippen molar-refractivity contribution >= 4 is 17.8 Å². The first kappa shape index (κ1) is 12.8. The second-order valence-electron chi connectivity index (χ2n) is 5.28. The van der Waals surface area contributed by atoms with Gasteiger partial charge in [0, 0.05) is 6.07 Å². The quantitative estimate of drug-likeness (QED) is 0.820. The normalized spacial score (nSPS) is 22.2. The van der Waals surface area contributed by atoms with Crippen molar-refractivity contribution in [3.63, 3.8) is 0 Å². The number of amides is 4. The summed E-state index contributed by atoms with van der Waals surface area (Å²) in [5, 5.41) is 6.00. The summed E-state index contributed by atoms with van der Waals surface area (Å²) in [5.74, 6) is -0.863. The number of hydrogen-bond donors (Lipinski definition) is 1. The summed E-state index contributed by atoms with van der Waals surface area (Å²) >= 11 is 0. The molecule has 1 saturated heterocycles. The minimum atomic E-state index is -1.07. The van der Waals surface area contributed by atoms with Gasteiger partial charge in [-0.1, -0.05) is 24.4 Å². The van der Waals surface area contributed by atoms with Crippen molar-refractivity contribution in [2.45, 2.75) is 38.6 Å². The topological polar surface area (TPSA) is 92.5 Å². The maximum atomic E-state index is 12.6. The van der Waals surface area contributed by atoms with Crippen molar-refractivity contribution in [3.05, 3.63) is 18.0 Å². The number of hydrogen-bond acceptors (Lipinski definition) is 5. The zero-order valence-electron chi connectivity index (χ0n) is 10.9. The number of barbiturate groups is 1. The van der Waals surface area contributed by atoms with Crippen LogP contribution in [0.25, 0.3) is 0 Å². The molecule has 1 spiro atoms. The first-order chi connectivity index (χ1) is 9.63. The molecule has 0 aromatic carbocycles. The summed E-state index contributed by atoms with van der Waals surface area (Å²) in [5.41, 5.74) is -0.593. The molecule has 0 bridgehead atoms. The number of imide groups is 2. The Morgan fingerprint density at radius 3 is 2.65 bits per heavy atom. The van der Waals surface area contributed by atoms with E-state index in [9.17, 15) is 14.4 Å². The van der Waals surface area contributed by atoms with Gasteiger partial charge < -0.3 is 4.52 Å². The van der Waals surface area contributed by atoms with Crippen molar-refractivity contribution in [1.29, 1.82) is 0 Å². The van der Waals surface area contributed by atoms with E-state index in [-0.39, 0.29) is 6.54 Å². The van der Waals surface area contributed by atoms with Crippen LogP contribution in [0.3, 0.4) is 0 Å². The van der Waals surface area contributed by atoms with Crippen LogP contribution in [0.15, 0.2) is 16.9 Å². The third kappa shape index (κ3) is 1.90. The summed E-state index contributed by atoms with van der Waals surface area (Å²) in [6.45, 7) is 0.0240. The van der Waals surface area contributed by atoms with Crippen LogP contribution in [0, 0.1) is 5.41 Å². The van der Waals surface area contributed by atoms with E-state index < -0.39 is 23.3 Å². The molecule has 2 heterocycles. The van der Waals surface area contributed by atoms with Crippen LogP contribution in [-0.2, 0) is 16.1 Å². The van der Waals surface area contributed by atoms with Gasteiger partial charge in [-0.25, -0.2) is 4.79 Å². The Kier molecular flexibility index (Phi) is 3.04. The van der Waals surface area contributed by atoms with Crippen molar-refractivity contribution in [3.8, 4) is 0 Å². The van der Waals surface area contributed by atoms with Gasteiger partial charge in [0.15, 0.2) is 0 Å². The van der Waals surface area contributed by atoms with Gasteiger partial charge in [-0.3, -0.25) is 19.8 Å². The Morgan fingerprint density at radius 1 is 1.25 bits per heavy atom. The van der Waals surface area contributed by atoms with Crippen LogP contribution in [0.2, 0.25) is 0 Å². The van der Waals surface area contributed by atoms with Gasteiger partial charge in [0.1, 0.15) is 17.4 Å². The minimum absolute atomic E-state index is 0.0240. The highest BCUT2D eigenvalue weighted by Crippen LogP contribution is 2.40. The molecule has 7 heteroatoms. The second kappa shape index (κ2) is 4.73. The molecule has 1 N–H and O–H groups in total. The zero-order valence-corrected chi connectivity index (χ0v) is 10.9. The van der Waals surface area contributed by atoms with E-state index in [0.717, 1.165) is 24.2 Å². The van der Waals surface area contributed by atoms with E-state index in [1.54, 1.807) is 6.07 Å². The number of urea groups is 1. The van der Waals surface area contributed by atoms with E-state index in [1.807, 2.05) is 0 Å². The molecule has 1 aromatic heterocycles. The van der Waals surface area contributed by atoms with Crippen molar-refractivity contribution in [1.82, 2.24) is 15.4 Å². The van der Waals surface area contributed by atoms with Gasteiger partial charge in [-0.15, -0.1) is 0 Å². The summed E-state index contributed by atoms with van der Waals surface area (Å²) < 4.78 is 4.70. The number of carbonyl (C=O) groups excluding carboxylic acids is 3. The van der Waals surface area contributed by atoms with E-state index in [1.165, 1.54) is 6.26 Å². The van der Waals surface area contributed by atoms with Gasteiger partial charge in [-0.2, -0.15) is 0 Å². The van der Waals surface area contributed by atoms with E-state index in [4.69, 9.17) is 4.52 Å².